The van der Waals surface area contributed by atoms with Crippen LogP contribution in [-0.2, 0) is 6.54 Å². The Labute approximate surface area is 235 Å². The number of allylic oxidation sites excluding steroid dienone is 2. The van der Waals surface area contributed by atoms with E-state index in [1.165, 1.54) is 24.0 Å². The molecule has 0 aliphatic heterocycles. The van der Waals surface area contributed by atoms with Gasteiger partial charge in [-0.1, -0.05) is 0 Å². The third-order valence-corrected chi connectivity index (χ3v) is 8.73. The van der Waals surface area contributed by atoms with Crippen molar-refractivity contribution in [2.75, 3.05) is 10.2 Å². The number of carbonyl (C=O) groups is 2. The molecular formula is C28H25ClIN6O2-. The quantitative estimate of drug-likeness (QED) is 0.175. The number of halogens is 2. The molecule has 2 N–H and O–H groups in total. The number of rotatable bonds is 8. The summed E-state index contributed by atoms with van der Waals surface area (Å²) in [5.41, 5.74) is 4.79. The second kappa shape index (κ2) is 12.3. The van der Waals surface area contributed by atoms with E-state index in [9.17, 15) is 9.59 Å². The number of hydrogen-bond acceptors (Lipinski definition) is 5. The maximum absolute atomic E-state index is 13.6. The predicted octanol–water partition coefficient (Wildman–Crippen LogP) is 3.15. The summed E-state index contributed by atoms with van der Waals surface area (Å²) in [4.78, 5) is 27.9. The molecule has 194 valence electrons. The molecule has 0 saturated carbocycles. The Kier molecular flexibility index (Phi) is 8.44. The van der Waals surface area contributed by atoms with Gasteiger partial charge in [-0.25, -0.2) is 0 Å². The Hall–Kier alpha value is -3.57. The van der Waals surface area contributed by atoms with Crippen LogP contribution < -0.4 is 31.4 Å². The number of hydrogen-bond donors (Lipinski definition) is 2. The van der Waals surface area contributed by atoms with E-state index in [2.05, 4.69) is 44.1 Å². The fraction of sp³-hybridized carbons (Fsp3) is 0.179. The van der Waals surface area contributed by atoms with Crippen molar-refractivity contribution >= 4 is 38.6 Å². The number of aromatic amines is 1. The molecule has 1 heterocycles. The van der Waals surface area contributed by atoms with Crippen molar-refractivity contribution in [1.29, 1.82) is 0 Å². The van der Waals surface area contributed by atoms with E-state index >= 15 is 0 Å². The van der Waals surface area contributed by atoms with E-state index in [1.807, 2.05) is 53.4 Å². The summed E-state index contributed by atoms with van der Waals surface area (Å²) in [6.45, 7) is 0.383. The Balaban J connectivity index is 1.36. The number of anilines is 2. The van der Waals surface area contributed by atoms with E-state index in [1.54, 1.807) is 12.1 Å². The Morgan fingerprint density at radius 2 is 1.84 bits per heavy atom. The van der Waals surface area contributed by atoms with E-state index in [0.29, 0.717) is 17.1 Å². The van der Waals surface area contributed by atoms with Crippen LogP contribution in [0.15, 0.2) is 78.9 Å². The van der Waals surface area contributed by atoms with Crippen LogP contribution in [0, 0.1) is 3.57 Å². The SMILES string of the molecule is O=C(Nc1nn[nH]n1)c1ccc(CN(C(=O)[I-]c2cccc(Cl)c2)c2ccc(C3=CCCCC3)cc2)cc1. The third kappa shape index (κ3) is 6.65. The molecule has 0 atom stereocenters. The maximum atomic E-state index is 13.6. The van der Waals surface area contributed by atoms with Gasteiger partial charge in [0.05, 0.1) is 0 Å². The van der Waals surface area contributed by atoms with Gasteiger partial charge in [0, 0.05) is 0 Å². The van der Waals surface area contributed by atoms with Crippen LogP contribution in [0.3, 0.4) is 0 Å². The average Bonchev–Trinajstić information content (AvgIpc) is 3.46. The first-order valence-electron chi connectivity index (χ1n) is 12.2. The van der Waals surface area contributed by atoms with Crippen molar-refractivity contribution in [3.8, 4) is 0 Å². The van der Waals surface area contributed by atoms with Crippen molar-refractivity contribution < 1.29 is 30.8 Å². The number of H-pyrrole nitrogens is 1. The third-order valence-electron chi connectivity index (χ3n) is 6.16. The minimum absolute atomic E-state index is 0.0645. The van der Waals surface area contributed by atoms with Crippen molar-refractivity contribution in [3.63, 3.8) is 0 Å². The number of benzene rings is 3. The molecule has 0 unspecified atom stereocenters. The van der Waals surface area contributed by atoms with E-state index in [-0.39, 0.29) is 15.8 Å². The molecule has 5 rings (SSSR count). The summed E-state index contributed by atoms with van der Waals surface area (Å²) >= 11 is 5.20. The van der Waals surface area contributed by atoms with Crippen LogP contribution in [0.25, 0.3) is 5.57 Å². The van der Waals surface area contributed by atoms with E-state index in [4.69, 9.17) is 11.6 Å². The number of tetrazole rings is 1. The van der Waals surface area contributed by atoms with Gasteiger partial charge in [0.1, 0.15) is 0 Å². The van der Waals surface area contributed by atoms with Gasteiger partial charge < -0.3 is 0 Å². The van der Waals surface area contributed by atoms with Crippen LogP contribution >= 0.6 is 11.6 Å². The molecule has 0 radical (unpaired) electrons. The molecule has 1 aliphatic rings. The molecule has 1 aromatic heterocycles. The van der Waals surface area contributed by atoms with Gasteiger partial charge in [0.15, 0.2) is 0 Å². The molecular weight excluding hydrogens is 615 g/mol. The van der Waals surface area contributed by atoms with Gasteiger partial charge in [-0.05, 0) is 0 Å². The van der Waals surface area contributed by atoms with Crippen LogP contribution in [0.4, 0.5) is 16.4 Å². The summed E-state index contributed by atoms with van der Waals surface area (Å²) in [7, 11) is 0. The number of nitrogens with one attached hydrogen (secondary N) is 2. The van der Waals surface area contributed by atoms with Crippen LogP contribution in [0.5, 0.6) is 0 Å². The zero-order valence-corrected chi connectivity index (χ0v) is 23.3. The first kappa shape index (κ1) is 26.1. The molecule has 0 spiro atoms. The van der Waals surface area contributed by atoms with Crippen LogP contribution in [0.2, 0.25) is 5.02 Å². The molecule has 1 aliphatic carbocycles. The van der Waals surface area contributed by atoms with Gasteiger partial charge in [-0.2, -0.15) is 0 Å². The van der Waals surface area contributed by atoms with Crippen LogP contribution in [-0.4, -0.2) is 30.4 Å². The minimum atomic E-state index is -0.975. The van der Waals surface area contributed by atoms with Gasteiger partial charge >= 0.3 is 237 Å². The monoisotopic (exact) mass is 639 g/mol. The molecule has 38 heavy (non-hydrogen) atoms. The molecule has 4 aromatic rings. The van der Waals surface area contributed by atoms with Crippen molar-refractivity contribution in [1.82, 2.24) is 20.6 Å². The fourth-order valence-electron chi connectivity index (χ4n) is 4.21. The summed E-state index contributed by atoms with van der Waals surface area (Å²) in [6, 6.07) is 22.9. The Morgan fingerprint density at radius 3 is 2.53 bits per heavy atom. The van der Waals surface area contributed by atoms with Crippen molar-refractivity contribution in [2.45, 2.75) is 32.2 Å². The zero-order valence-electron chi connectivity index (χ0n) is 20.4. The molecule has 0 bridgehead atoms. The summed E-state index contributed by atoms with van der Waals surface area (Å²) < 4.78 is 1.03. The van der Waals surface area contributed by atoms with Gasteiger partial charge in [-0.15, -0.1) is 0 Å². The van der Waals surface area contributed by atoms with Gasteiger partial charge in [-0.3, -0.25) is 0 Å². The normalized spacial score (nSPS) is 13.1. The number of amides is 2. The summed E-state index contributed by atoms with van der Waals surface area (Å²) in [6.07, 6.45) is 6.99. The second-order valence-electron chi connectivity index (χ2n) is 8.78. The van der Waals surface area contributed by atoms with Gasteiger partial charge in [0.2, 0.25) is 0 Å². The number of nitrogens with zero attached hydrogens (tertiary/aromatic N) is 4. The number of aromatic nitrogens is 4. The van der Waals surface area contributed by atoms with E-state index in [0.717, 1.165) is 27.7 Å². The standard InChI is InChI=1S/C28H25ClIN6O2/c29-23-7-4-8-24(17-23)30-27(38)36(25-15-13-21(14-16-25)20-5-2-1-3-6-20)18-19-9-11-22(12-10-19)26(37)31-28-32-34-35-33-28/h4-5,7-17H,1-3,6,18H2,(H2,31,32,33,34,35,37)/q-1. The average molecular weight is 640 g/mol. The predicted molar refractivity (Wildman–Crippen MR) is 143 cm³/mol. The molecule has 2 amide bonds. The zero-order chi connectivity index (χ0) is 26.3. The molecule has 8 nitrogen and oxygen atoms in total. The first-order chi connectivity index (χ1) is 18.5. The second-order valence-corrected chi connectivity index (χ2v) is 11.9. The summed E-state index contributed by atoms with van der Waals surface area (Å²) in [5.74, 6) is -0.237. The van der Waals surface area contributed by atoms with Crippen LogP contribution in [0.1, 0.15) is 47.2 Å². The Morgan fingerprint density at radius 1 is 1.03 bits per heavy atom. The molecule has 0 saturated heterocycles. The van der Waals surface area contributed by atoms with Crippen molar-refractivity contribution in [2.24, 2.45) is 0 Å². The topological polar surface area (TPSA) is 104 Å². The molecule has 0 fully saturated rings. The fourth-order valence-corrected chi connectivity index (χ4v) is 6.73. The Bertz CT molecular complexity index is 1440. The molecule has 10 heteroatoms. The number of carbonyl (C=O) groups excluding carboxylic acids is 2. The van der Waals surface area contributed by atoms with E-state index < -0.39 is 21.2 Å². The van der Waals surface area contributed by atoms with Crippen molar-refractivity contribution in [3.05, 3.63) is 104 Å². The van der Waals surface area contributed by atoms with Gasteiger partial charge in [0.25, 0.3) is 0 Å². The molecule has 3 aromatic carbocycles. The summed E-state index contributed by atoms with van der Waals surface area (Å²) in [5, 5.41) is 16.4. The first-order valence-corrected chi connectivity index (χ1v) is 14.7.